The molecule has 164 valence electrons. The average molecular weight is 472 g/mol. The van der Waals surface area contributed by atoms with Crippen LogP contribution in [0.2, 0.25) is 0 Å². The second-order valence-corrected chi connectivity index (χ2v) is 8.41. The Morgan fingerprint density at radius 1 is 1.09 bits per heavy atom. The number of nitrogens with one attached hydrogen (secondary N) is 2. The first-order chi connectivity index (χ1) is 15.5. The molecule has 2 aromatic carbocycles. The first-order valence-electron chi connectivity index (χ1n) is 9.13. The van der Waals surface area contributed by atoms with Crippen molar-refractivity contribution < 1.29 is 23.8 Å². The molecule has 0 fully saturated rings. The number of carbonyl (C=O) groups is 2. The molecule has 1 amide bonds. The largest absolute Gasteiger partial charge is 0.493 e. The van der Waals surface area contributed by atoms with E-state index in [4.69, 9.17) is 14.2 Å². The first kappa shape index (κ1) is 21.6. The summed E-state index contributed by atoms with van der Waals surface area (Å²) in [6, 6.07) is 10.6. The number of methoxy groups -OCH3 is 3. The minimum atomic E-state index is -0.441. The molecular weight excluding hydrogens is 454 g/mol. The zero-order valence-corrected chi connectivity index (χ0v) is 18.8. The Morgan fingerprint density at radius 3 is 2.56 bits per heavy atom. The lowest BCUT2D eigenvalue weighted by molar-refractivity contribution is 0.0600. The van der Waals surface area contributed by atoms with Gasteiger partial charge in [0.25, 0.3) is 11.9 Å². The number of fused-ring (bicyclic) bond motifs is 1. The van der Waals surface area contributed by atoms with Crippen LogP contribution in [0.15, 0.2) is 46.2 Å². The van der Waals surface area contributed by atoms with E-state index in [9.17, 15) is 9.59 Å². The minimum Gasteiger partial charge on any atom is -0.493 e. The molecule has 4 rings (SSSR count). The van der Waals surface area contributed by atoms with Gasteiger partial charge in [-0.15, -0.1) is 16.4 Å². The molecule has 4 aromatic rings. The Labute approximate surface area is 190 Å². The number of tetrazole rings is 1. The van der Waals surface area contributed by atoms with Crippen molar-refractivity contribution in [3.05, 3.63) is 46.8 Å². The van der Waals surface area contributed by atoms with Crippen molar-refractivity contribution in [2.45, 2.75) is 9.79 Å². The van der Waals surface area contributed by atoms with E-state index in [1.54, 1.807) is 32.4 Å². The van der Waals surface area contributed by atoms with Crippen LogP contribution < -0.4 is 14.8 Å². The van der Waals surface area contributed by atoms with E-state index in [0.29, 0.717) is 26.8 Å². The number of aromatic nitrogens is 4. The van der Waals surface area contributed by atoms with Crippen LogP contribution in [0.1, 0.15) is 20.0 Å². The molecule has 2 aromatic heterocycles. The van der Waals surface area contributed by atoms with Gasteiger partial charge in [0.05, 0.1) is 26.9 Å². The van der Waals surface area contributed by atoms with Gasteiger partial charge in [-0.25, -0.2) is 4.79 Å². The van der Waals surface area contributed by atoms with Crippen LogP contribution in [0.5, 0.6) is 11.5 Å². The van der Waals surface area contributed by atoms with E-state index in [1.165, 1.54) is 30.2 Å². The van der Waals surface area contributed by atoms with Crippen LogP contribution in [0.3, 0.4) is 0 Å². The number of carbonyl (C=O) groups excluding carboxylic acids is 2. The number of hydrogen-bond acceptors (Lipinski definition) is 10. The molecule has 32 heavy (non-hydrogen) atoms. The normalized spacial score (nSPS) is 10.7. The van der Waals surface area contributed by atoms with Crippen molar-refractivity contribution >= 4 is 51.0 Å². The summed E-state index contributed by atoms with van der Waals surface area (Å²) in [6.07, 6.45) is 0. The maximum absolute atomic E-state index is 13.1. The summed E-state index contributed by atoms with van der Waals surface area (Å²) < 4.78 is 16.5. The van der Waals surface area contributed by atoms with Crippen molar-refractivity contribution in [1.29, 1.82) is 0 Å². The third-order valence-electron chi connectivity index (χ3n) is 4.40. The number of anilines is 1. The van der Waals surface area contributed by atoms with Gasteiger partial charge in [0.1, 0.15) is 4.88 Å². The van der Waals surface area contributed by atoms with Gasteiger partial charge in [0.15, 0.2) is 11.5 Å². The van der Waals surface area contributed by atoms with Crippen molar-refractivity contribution in [1.82, 2.24) is 20.6 Å². The molecule has 0 saturated heterocycles. The number of rotatable bonds is 7. The van der Waals surface area contributed by atoms with Crippen LogP contribution in [0, 0.1) is 0 Å². The molecule has 0 atom stereocenters. The molecule has 0 unspecified atom stereocenters. The van der Waals surface area contributed by atoms with Gasteiger partial charge in [0.2, 0.25) is 0 Å². The molecule has 0 saturated carbocycles. The zero-order valence-electron chi connectivity index (χ0n) is 17.2. The van der Waals surface area contributed by atoms with E-state index in [1.807, 2.05) is 18.2 Å². The van der Waals surface area contributed by atoms with Gasteiger partial charge in [-0.2, -0.15) is 5.21 Å². The highest BCUT2D eigenvalue weighted by atomic mass is 32.2. The summed E-state index contributed by atoms with van der Waals surface area (Å²) in [5.74, 6) is 0.316. The predicted molar refractivity (Wildman–Crippen MR) is 119 cm³/mol. The lowest BCUT2D eigenvalue weighted by atomic mass is 10.2. The second-order valence-electron chi connectivity index (χ2n) is 6.27. The molecule has 0 bridgehead atoms. The van der Waals surface area contributed by atoms with Crippen LogP contribution >= 0.6 is 23.1 Å². The summed E-state index contributed by atoms with van der Waals surface area (Å²) in [4.78, 5) is 26.9. The number of esters is 1. The van der Waals surface area contributed by atoms with E-state index < -0.39 is 11.9 Å². The van der Waals surface area contributed by atoms with Gasteiger partial charge in [-0.05, 0) is 29.5 Å². The van der Waals surface area contributed by atoms with Crippen molar-refractivity contribution in [3.63, 3.8) is 0 Å². The number of hydrogen-bond donors (Lipinski definition) is 2. The maximum atomic E-state index is 13.1. The summed E-state index contributed by atoms with van der Waals surface area (Å²) in [7, 11) is 4.43. The molecule has 0 aliphatic carbocycles. The molecule has 0 aliphatic heterocycles. The fourth-order valence-corrected chi connectivity index (χ4v) is 5.30. The van der Waals surface area contributed by atoms with Crippen LogP contribution in [0.25, 0.3) is 10.1 Å². The SMILES string of the molecule is COC(=O)c1cccc(Sc2c(C(=O)Nc3nn[nH]n3)sc3cc(OC)c(OC)cc23)c1. The van der Waals surface area contributed by atoms with Gasteiger partial charge in [-0.3, -0.25) is 10.1 Å². The lowest BCUT2D eigenvalue weighted by Gasteiger charge is -2.09. The zero-order chi connectivity index (χ0) is 22.7. The Bertz CT molecular complexity index is 1290. The molecule has 10 nitrogen and oxygen atoms in total. The van der Waals surface area contributed by atoms with E-state index >= 15 is 0 Å². The molecule has 2 N–H and O–H groups in total. The molecule has 0 radical (unpaired) electrons. The Morgan fingerprint density at radius 2 is 1.88 bits per heavy atom. The van der Waals surface area contributed by atoms with E-state index in [-0.39, 0.29) is 5.95 Å². The maximum Gasteiger partial charge on any atom is 0.337 e. The summed E-state index contributed by atoms with van der Waals surface area (Å²) in [5, 5.41) is 16.7. The smallest absolute Gasteiger partial charge is 0.337 e. The number of aromatic amines is 1. The molecule has 0 aliphatic rings. The molecule has 0 spiro atoms. The highest BCUT2D eigenvalue weighted by Gasteiger charge is 2.23. The third-order valence-corrected chi connectivity index (χ3v) is 6.80. The minimum absolute atomic E-state index is 0.0613. The number of amides is 1. The fraction of sp³-hybridized carbons (Fsp3) is 0.150. The summed E-state index contributed by atoms with van der Waals surface area (Å²) >= 11 is 2.64. The van der Waals surface area contributed by atoms with Gasteiger partial charge in [0, 0.05) is 25.9 Å². The Kier molecular flexibility index (Phi) is 6.23. The van der Waals surface area contributed by atoms with E-state index in [2.05, 4.69) is 25.9 Å². The second kappa shape index (κ2) is 9.24. The summed E-state index contributed by atoms with van der Waals surface area (Å²) in [6.45, 7) is 0. The van der Waals surface area contributed by atoms with Crippen LogP contribution in [-0.4, -0.2) is 53.8 Å². The first-order valence-corrected chi connectivity index (χ1v) is 10.8. The average Bonchev–Trinajstić information content (AvgIpc) is 3.45. The van der Waals surface area contributed by atoms with Crippen LogP contribution in [0.4, 0.5) is 5.95 Å². The molecular formula is C20H17N5O5S2. The number of benzene rings is 2. The predicted octanol–water partition coefficient (Wildman–Crippen LogP) is 3.62. The highest BCUT2D eigenvalue weighted by Crippen LogP contribution is 2.45. The van der Waals surface area contributed by atoms with Gasteiger partial charge >= 0.3 is 5.97 Å². The van der Waals surface area contributed by atoms with Crippen molar-refractivity contribution in [2.24, 2.45) is 0 Å². The lowest BCUT2D eigenvalue weighted by Crippen LogP contribution is -2.12. The van der Waals surface area contributed by atoms with E-state index in [0.717, 1.165) is 15.0 Å². The number of nitrogens with zero attached hydrogens (tertiary/aromatic N) is 3. The Hall–Kier alpha value is -3.64. The van der Waals surface area contributed by atoms with Crippen molar-refractivity contribution in [3.8, 4) is 11.5 Å². The molecule has 12 heteroatoms. The monoisotopic (exact) mass is 471 g/mol. The highest BCUT2D eigenvalue weighted by molar-refractivity contribution is 7.99. The summed E-state index contributed by atoms with van der Waals surface area (Å²) in [5.41, 5.74) is 0.411. The standard InChI is InChI=1S/C20H17N5O5S2/c1-28-13-8-12-15(9-14(13)29-2)32-17(18(26)21-20-22-24-25-23-20)16(12)31-11-6-4-5-10(7-11)19(27)30-3/h4-9H,1-3H3,(H2,21,22,23,24,25,26). The third kappa shape index (κ3) is 4.22. The van der Waals surface area contributed by atoms with Gasteiger partial charge in [-0.1, -0.05) is 22.9 Å². The van der Waals surface area contributed by atoms with Crippen LogP contribution in [-0.2, 0) is 4.74 Å². The fourth-order valence-electron chi connectivity index (χ4n) is 2.95. The number of ether oxygens (including phenoxy) is 3. The van der Waals surface area contributed by atoms with Gasteiger partial charge < -0.3 is 14.2 Å². The topological polar surface area (TPSA) is 128 Å². The number of thiophene rings is 1. The van der Waals surface area contributed by atoms with Crippen molar-refractivity contribution in [2.75, 3.05) is 26.6 Å². The number of H-pyrrole nitrogens is 1. The Balaban J connectivity index is 1.82. The molecule has 2 heterocycles. The quantitative estimate of drug-likeness (QED) is 0.388.